The number of thiophene rings is 1. The summed E-state index contributed by atoms with van der Waals surface area (Å²) in [6, 6.07) is 10.5. The highest BCUT2D eigenvalue weighted by atomic mass is 32.1. The lowest BCUT2D eigenvalue weighted by molar-refractivity contribution is 0.439. The summed E-state index contributed by atoms with van der Waals surface area (Å²) in [5.74, 6) is 0.361. The van der Waals surface area contributed by atoms with Crippen molar-refractivity contribution in [2.75, 3.05) is 0 Å². The number of hydrogen-bond acceptors (Lipinski definition) is 3. The Morgan fingerprint density at radius 2 is 1.79 bits per heavy atom. The third-order valence-corrected chi connectivity index (χ3v) is 4.52. The van der Waals surface area contributed by atoms with Crippen molar-refractivity contribution >= 4 is 11.3 Å². The van der Waals surface area contributed by atoms with Crippen molar-refractivity contribution in [2.45, 2.75) is 39.8 Å². The van der Waals surface area contributed by atoms with Gasteiger partial charge in [-0.2, -0.15) is 0 Å². The minimum atomic E-state index is 0.123. The second kappa shape index (κ2) is 5.76. The molecule has 102 valence electrons. The van der Waals surface area contributed by atoms with E-state index in [0.29, 0.717) is 5.75 Å². The van der Waals surface area contributed by atoms with Gasteiger partial charge in [0.1, 0.15) is 5.75 Å². The summed E-state index contributed by atoms with van der Waals surface area (Å²) in [5, 5.41) is 13.5. The van der Waals surface area contributed by atoms with Crippen LogP contribution in [-0.2, 0) is 0 Å². The number of benzene rings is 1. The smallest absolute Gasteiger partial charge is 0.120 e. The molecule has 3 heteroatoms. The van der Waals surface area contributed by atoms with Gasteiger partial charge in [0.15, 0.2) is 0 Å². The van der Waals surface area contributed by atoms with Gasteiger partial charge in [0, 0.05) is 27.4 Å². The summed E-state index contributed by atoms with van der Waals surface area (Å²) in [5.41, 5.74) is 2.13. The molecule has 2 unspecified atom stereocenters. The lowest BCUT2D eigenvalue weighted by atomic mass is 10.0. The van der Waals surface area contributed by atoms with E-state index in [-0.39, 0.29) is 12.1 Å². The number of aryl methyl sites for hydroxylation is 2. The highest BCUT2D eigenvalue weighted by molar-refractivity contribution is 7.12. The molecule has 19 heavy (non-hydrogen) atoms. The molecule has 0 amide bonds. The van der Waals surface area contributed by atoms with Gasteiger partial charge >= 0.3 is 0 Å². The molecule has 2 nitrogen and oxygen atoms in total. The molecular formula is C16H21NOS. The lowest BCUT2D eigenvalue weighted by Gasteiger charge is -2.20. The zero-order chi connectivity index (χ0) is 14.0. The predicted octanol–water partition coefficient (Wildman–Crippen LogP) is 4.48. The van der Waals surface area contributed by atoms with Crippen LogP contribution in [0.25, 0.3) is 0 Å². The quantitative estimate of drug-likeness (QED) is 0.862. The molecule has 0 aliphatic heterocycles. The standard InChI is InChI=1S/C16H21NOS/c1-10-5-7-15(18)14(9-10)12(3)17-13(4)16-8-6-11(2)19-16/h5-9,12-13,17-18H,1-4H3. The van der Waals surface area contributed by atoms with Crippen LogP contribution < -0.4 is 5.32 Å². The Morgan fingerprint density at radius 1 is 1.05 bits per heavy atom. The van der Waals surface area contributed by atoms with Gasteiger partial charge in [0.2, 0.25) is 0 Å². The number of phenols is 1. The topological polar surface area (TPSA) is 32.3 Å². The molecular weight excluding hydrogens is 254 g/mol. The fraction of sp³-hybridized carbons (Fsp3) is 0.375. The largest absolute Gasteiger partial charge is 0.508 e. The second-order valence-electron chi connectivity index (χ2n) is 5.12. The normalized spacial score (nSPS) is 14.3. The molecule has 1 aromatic carbocycles. The SMILES string of the molecule is Cc1ccc(O)c(C(C)NC(C)c2ccc(C)s2)c1. The predicted molar refractivity (Wildman–Crippen MR) is 81.9 cm³/mol. The maximum absolute atomic E-state index is 9.96. The van der Waals surface area contributed by atoms with Crippen molar-refractivity contribution < 1.29 is 5.11 Å². The van der Waals surface area contributed by atoms with Crippen molar-refractivity contribution in [3.8, 4) is 5.75 Å². The monoisotopic (exact) mass is 275 g/mol. The number of phenolic OH excluding ortho intramolecular Hbond substituents is 1. The van der Waals surface area contributed by atoms with Crippen LogP contribution in [0.4, 0.5) is 0 Å². The fourth-order valence-corrected chi connectivity index (χ4v) is 3.14. The summed E-state index contributed by atoms with van der Waals surface area (Å²) < 4.78 is 0. The maximum Gasteiger partial charge on any atom is 0.120 e. The van der Waals surface area contributed by atoms with Crippen LogP contribution in [0.5, 0.6) is 5.75 Å². The third-order valence-electron chi connectivity index (χ3n) is 3.34. The zero-order valence-corrected chi connectivity index (χ0v) is 12.7. The van der Waals surface area contributed by atoms with Crippen LogP contribution in [0.2, 0.25) is 0 Å². The number of nitrogens with one attached hydrogen (secondary N) is 1. The van der Waals surface area contributed by atoms with Crippen molar-refractivity contribution in [1.82, 2.24) is 5.32 Å². The second-order valence-corrected chi connectivity index (χ2v) is 6.44. The van der Waals surface area contributed by atoms with Crippen molar-refractivity contribution in [3.63, 3.8) is 0 Å². The Balaban J connectivity index is 2.12. The molecule has 0 radical (unpaired) electrons. The molecule has 0 aliphatic rings. The highest BCUT2D eigenvalue weighted by Crippen LogP contribution is 2.29. The minimum absolute atomic E-state index is 0.123. The molecule has 0 aliphatic carbocycles. The molecule has 2 N–H and O–H groups in total. The van der Waals surface area contributed by atoms with Gasteiger partial charge in [0.25, 0.3) is 0 Å². The Kier molecular flexibility index (Phi) is 4.27. The molecule has 1 heterocycles. The van der Waals surface area contributed by atoms with E-state index in [2.05, 4.69) is 38.2 Å². The molecule has 0 fully saturated rings. The first kappa shape index (κ1) is 14.1. The number of rotatable bonds is 4. The minimum Gasteiger partial charge on any atom is -0.508 e. The van der Waals surface area contributed by atoms with E-state index in [1.165, 1.54) is 15.3 Å². The van der Waals surface area contributed by atoms with Crippen LogP contribution in [0.15, 0.2) is 30.3 Å². The van der Waals surface area contributed by atoms with Gasteiger partial charge in [-0.05, 0) is 45.9 Å². The van der Waals surface area contributed by atoms with Crippen LogP contribution in [0.1, 0.15) is 46.8 Å². The molecule has 0 spiro atoms. The van der Waals surface area contributed by atoms with Crippen molar-refractivity contribution in [1.29, 1.82) is 0 Å². The van der Waals surface area contributed by atoms with Crippen LogP contribution in [-0.4, -0.2) is 5.11 Å². The number of hydrogen-bond donors (Lipinski definition) is 2. The van der Waals surface area contributed by atoms with Crippen LogP contribution in [0.3, 0.4) is 0 Å². The molecule has 2 aromatic rings. The van der Waals surface area contributed by atoms with E-state index in [4.69, 9.17) is 0 Å². The lowest BCUT2D eigenvalue weighted by Crippen LogP contribution is -2.22. The van der Waals surface area contributed by atoms with E-state index in [9.17, 15) is 5.11 Å². The summed E-state index contributed by atoms with van der Waals surface area (Å²) in [4.78, 5) is 2.66. The van der Waals surface area contributed by atoms with Crippen LogP contribution in [0, 0.1) is 13.8 Å². The van der Waals surface area contributed by atoms with E-state index in [1.54, 1.807) is 6.07 Å². The van der Waals surface area contributed by atoms with Crippen LogP contribution >= 0.6 is 11.3 Å². The first-order chi connectivity index (χ1) is 8.97. The first-order valence-corrected chi connectivity index (χ1v) is 7.41. The summed E-state index contributed by atoms with van der Waals surface area (Å²) in [6.07, 6.45) is 0. The summed E-state index contributed by atoms with van der Waals surface area (Å²) in [6.45, 7) is 8.42. The van der Waals surface area contributed by atoms with Crippen molar-refractivity contribution in [2.24, 2.45) is 0 Å². The fourth-order valence-electron chi connectivity index (χ4n) is 2.25. The highest BCUT2D eigenvalue weighted by Gasteiger charge is 2.15. The molecule has 0 saturated heterocycles. The van der Waals surface area contributed by atoms with Gasteiger partial charge in [-0.25, -0.2) is 0 Å². The average molecular weight is 275 g/mol. The maximum atomic E-state index is 9.96. The Bertz CT molecular complexity index is 562. The van der Waals surface area contributed by atoms with E-state index in [0.717, 1.165) is 5.56 Å². The van der Waals surface area contributed by atoms with Gasteiger partial charge in [-0.1, -0.05) is 17.7 Å². The number of aromatic hydroxyl groups is 1. The third kappa shape index (κ3) is 3.37. The average Bonchev–Trinajstić information content (AvgIpc) is 2.79. The molecule has 1 aromatic heterocycles. The van der Waals surface area contributed by atoms with E-state index in [1.807, 2.05) is 30.4 Å². The Labute approximate surface area is 119 Å². The summed E-state index contributed by atoms with van der Waals surface area (Å²) >= 11 is 1.82. The molecule has 0 bridgehead atoms. The van der Waals surface area contributed by atoms with E-state index >= 15 is 0 Å². The Morgan fingerprint density at radius 3 is 2.42 bits per heavy atom. The Hall–Kier alpha value is -1.32. The summed E-state index contributed by atoms with van der Waals surface area (Å²) in [7, 11) is 0. The van der Waals surface area contributed by atoms with Gasteiger partial charge < -0.3 is 10.4 Å². The van der Waals surface area contributed by atoms with E-state index < -0.39 is 0 Å². The van der Waals surface area contributed by atoms with Gasteiger partial charge in [-0.15, -0.1) is 11.3 Å². The molecule has 2 atom stereocenters. The molecule has 0 saturated carbocycles. The van der Waals surface area contributed by atoms with Gasteiger partial charge in [0.05, 0.1) is 0 Å². The first-order valence-electron chi connectivity index (χ1n) is 6.59. The molecule has 2 rings (SSSR count). The van der Waals surface area contributed by atoms with Crippen molar-refractivity contribution in [3.05, 3.63) is 51.2 Å². The van der Waals surface area contributed by atoms with Gasteiger partial charge in [-0.3, -0.25) is 0 Å². The zero-order valence-electron chi connectivity index (χ0n) is 11.9.